The van der Waals surface area contributed by atoms with Crippen molar-refractivity contribution in [2.45, 2.75) is 4.90 Å². The van der Waals surface area contributed by atoms with E-state index in [1.807, 2.05) is 0 Å². The number of hydrogen-bond donors (Lipinski definition) is 2. The first-order valence-electron chi connectivity index (χ1n) is 7.46. The van der Waals surface area contributed by atoms with Gasteiger partial charge in [-0.2, -0.15) is 0 Å². The summed E-state index contributed by atoms with van der Waals surface area (Å²) in [6.07, 6.45) is 0. The first-order valence-corrected chi connectivity index (χ1v) is 8.90. The molecule has 148 valence electrons. The lowest BCUT2D eigenvalue weighted by molar-refractivity contribution is -0.394. The van der Waals surface area contributed by atoms with Crippen LogP contribution in [0.3, 0.4) is 0 Å². The van der Waals surface area contributed by atoms with Gasteiger partial charge in [0.25, 0.3) is 11.4 Å². The molecule has 4 N–H and O–H groups in total. The Bertz CT molecular complexity index is 1080. The standard InChI is InChI=1S/C15H15N5O7S/c1-18(2)28(26,27)13-6-9(5-12(16)14(13)17)15(21)8-3-10(19(22)23)7-11(4-8)20(24)25/h3-7H,16-17H2,1-2H3. The molecule has 0 heterocycles. The van der Waals surface area contributed by atoms with Crippen molar-refractivity contribution in [3.05, 3.63) is 61.7 Å². The average Bonchev–Trinajstić information content (AvgIpc) is 2.62. The van der Waals surface area contributed by atoms with Crippen molar-refractivity contribution in [2.75, 3.05) is 25.6 Å². The molecule has 13 heteroatoms. The van der Waals surface area contributed by atoms with Gasteiger partial charge in [-0.1, -0.05) is 0 Å². The molecule has 2 aromatic carbocycles. The number of nitrogens with zero attached hydrogens (tertiary/aromatic N) is 3. The second-order valence-corrected chi connectivity index (χ2v) is 7.97. The van der Waals surface area contributed by atoms with Crippen molar-refractivity contribution >= 4 is 38.6 Å². The largest absolute Gasteiger partial charge is 0.397 e. The molecule has 0 fully saturated rings. The Hall–Kier alpha value is -3.58. The predicted octanol–water partition coefficient (Wildman–Crippen LogP) is 1.15. The second kappa shape index (κ2) is 7.21. The zero-order valence-electron chi connectivity index (χ0n) is 14.6. The third kappa shape index (κ3) is 3.74. The number of ketones is 1. The van der Waals surface area contributed by atoms with Crippen molar-refractivity contribution in [1.29, 1.82) is 0 Å². The maximum absolute atomic E-state index is 12.8. The highest BCUT2D eigenvalue weighted by molar-refractivity contribution is 7.89. The summed E-state index contributed by atoms with van der Waals surface area (Å²) in [7, 11) is -1.55. The minimum Gasteiger partial charge on any atom is -0.397 e. The number of carbonyl (C=O) groups is 1. The minimum absolute atomic E-state index is 0.203. The summed E-state index contributed by atoms with van der Waals surface area (Å²) in [4.78, 5) is 32.6. The van der Waals surface area contributed by atoms with Crippen molar-refractivity contribution < 1.29 is 23.1 Å². The molecule has 0 bridgehead atoms. The minimum atomic E-state index is -4.05. The van der Waals surface area contributed by atoms with E-state index >= 15 is 0 Å². The van der Waals surface area contributed by atoms with Gasteiger partial charge < -0.3 is 11.5 Å². The molecule has 0 aliphatic carbocycles. The number of hydrogen-bond acceptors (Lipinski definition) is 9. The van der Waals surface area contributed by atoms with E-state index in [1.54, 1.807) is 0 Å². The number of anilines is 2. The van der Waals surface area contributed by atoms with Crippen molar-refractivity contribution in [1.82, 2.24) is 4.31 Å². The summed E-state index contributed by atoms with van der Waals surface area (Å²) in [5, 5.41) is 22.0. The Morgan fingerprint density at radius 3 is 1.82 bits per heavy atom. The van der Waals surface area contributed by atoms with Gasteiger partial charge in [-0.05, 0) is 12.1 Å². The van der Waals surface area contributed by atoms with Crippen LogP contribution < -0.4 is 11.5 Å². The number of non-ortho nitro benzene ring substituents is 2. The smallest absolute Gasteiger partial charge is 0.277 e. The van der Waals surface area contributed by atoms with Crippen molar-refractivity contribution in [3.8, 4) is 0 Å². The number of nitro benzene ring substituents is 2. The van der Waals surface area contributed by atoms with Crippen LogP contribution in [0.2, 0.25) is 0 Å². The van der Waals surface area contributed by atoms with E-state index in [0.29, 0.717) is 6.07 Å². The van der Waals surface area contributed by atoms with Gasteiger partial charge in [-0.15, -0.1) is 0 Å². The molecule has 0 saturated carbocycles. The van der Waals surface area contributed by atoms with Crippen LogP contribution in [-0.4, -0.2) is 42.4 Å². The summed E-state index contributed by atoms with van der Waals surface area (Å²) < 4.78 is 25.7. The zero-order valence-corrected chi connectivity index (χ0v) is 15.5. The van der Waals surface area contributed by atoms with Crippen molar-refractivity contribution in [3.63, 3.8) is 0 Å². The van der Waals surface area contributed by atoms with E-state index in [0.717, 1.165) is 28.6 Å². The molecule has 0 aromatic heterocycles. The fourth-order valence-electron chi connectivity index (χ4n) is 2.29. The van der Waals surface area contributed by atoms with Crippen LogP contribution in [0.5, 0.6) is 0 Å². The zero-order chi connectivity index (χ0) is 21.4. The first kappa shape index (κ1) is 20.7. The quantitative estimate of drug-likeness (QED) is 0.304. The summed E-state index contributed by atoms with van der Waals surface area (Å²) in [5.41, 5.74) is 9.01. The van der Waals surface area contributed by atoms with Gasteiger partial charge in [0.15, 0.2) is 5.78 Å². The molecular formula is C15H15N5O7S. The lowest BCUT2D eigenvalue weighted by Crippen LogP contribution is -2.24. The van der Waals surface area contributed by atoms with Crippen LogP contribution in [0.4, 0.5) is 22.7 Å². The number of rotatable bonds is 6. The van der Waals surface area contributed by atoms with Crippen LogP contribution in [-0.2, 0) is 10.0 Å². The Balaban J connectivity index is 2.70. The Morgan fingerprint density at radius 2 is 1.39 bits per heavy atom. The topological polar surface area (TPSA) is 193 Å². The average molecular weight is 409 g/mol. The summed E-state index contributed by atoms with van der Waals surface area (Å²) in [6, 6.07) is 4.46. The van der Waals surface area contributed by atoms with Gasteiger partial charge in [0.05, 0.1) is 27.3 Å². The number of benzene rings is 2. The van der Waals surface area contributed by atoms with Crippen LogP contribution in [0.1, 0.15) is 15.9 Å². The molecule has 0 amide bonds. The highest BCUT2D eigenvalue weighted by Crippen LogP contribution is 2.30. The molecular weight excluding hydrogens is 394 g/mol. The van der Waals surface area contributed by atoms with Crippen LogP contribution in [0.25, 0.3) is 0 Å². The number of nitro groups is 2. The third-order valence-electron chi connectivity index (χ3n) is 3.78. The molecule has 2 aromatic rings. The number of carbonyl (C=O) groups excluding carboxylic acids is 1. The second-order valence-electron chi connectivity index (χ2n) is 5.85. The summed E-state index contributed by atoms with van der Waals surface area (Å²) in [6.45, 7) is 0. The Kier molecular flexibility index (Phi) is 5.33. The van der Waals surface area contributed by atoms with E-state index < -0.39 is 41.9 Å². The van der Waals surface area contributed by atoms with E-state index in [2.05, 4.69) is 0 Å². The normalized spacial score (nSPS) is 11.4. The van der Waals surface area contributed by atoms with Gasteiger partial charge in [0.2, 0.25) is 10.0 Å². The molecule has 0 spiro atoms. The van der Waals surface area contributed by atoms with Crippen molar-refractivity contribution in [2.24, 2.45) is 0 Å². The van der Waals surface area contributed by atoms with Crippen LogP contribution in [0.15, 0.2) is 35.2 Å². The van der Waals surface area contributed by atoms with Crippen LogP contribution >= 0.6 is 0 Å². The fraction of sp³-hybridized carbons (Fsp3) is 0.133. The van der Waals surface area contributed by atoms with Gasteiger partial charge >= 0.3 is 0 Å². The predicted molar refractivity (Wildman–Crippen MR) is 99.3 cm³/mol. The molecule has 28 heavy (non-hydrogen) atoms. The maximum atomic E-state index is 12.8. The molecule has 12 nitrogen and oxygen atoms in total. The SMILES string of the molecule is CN(C)S(=O)(=O)c1cc(C(=O)c2cc([N+](=O)[O-])cc([N+](=O)[O-])c2)cc(N)c1N. The highest BCUT2D eigenvalue weighted by atomic mass is 32.2. The maximum Gasteiger partial charge on any atom is 0.277 e. The molecule has 0 saturated heterocycles. The summed E-state index contributed by atoms with van der Waals surface area (Å²) in [5.74, 6) is -0.895. The molecule has 0 aliphatic rings. The lowest BCUT2D eigenvalue weighted by atomic mass is 10.0. The molecule has 0 aliphatic heterocycles. The molecule has 0 unspecified atom stereocenters. The monoisotopic (exact) mass is 409 g/mol. The van der Waals surface area contributed by atoms with Gasteiger partial charge in [-0.25, -0.2) is 12.7 Å². The number of sulfonamides is 1. The molecule has 0 atom stereocenters. The number of nitrogen functional groups attached to an aromatic ring is 2. The lowest BCUT2D eigenvalue weighted by Gasteiger charge is -2.16. The van der Waals surface area contributed by atoms with Gasteiger partial charge in [0, 0.05) is 37.4 Å². The van der Waals surface area contributed by atoms with Gasteiger partial charge in [-0.3, -0.25) is 25.0 Å². The molecule has 0 radical (unpaired) electrons. The Morgan fingerprint density at radius 1 is 0.929 bits per heavy atom. The first-order chi connectivity index (χ1) is 12.9. The fourth-order valence-corrected chi connectivity index (χ4v) is 3.36. The number of nitrogens with two attached hydrogens (primary N) is 2. The van der Waals surface area contributed by atoms with Gasteiger partial charge in [0.1, 0.15) is 4.90 Å². The van der Waals surface area contributed by atoms with E-state index in [9.17, 15) is 33.4 Å². The van der Waals surface area contributed by atoms with Crippen LogP contribution in [0, 0.1) is 20.2 Å². The third-order valence-corrected chi connectivity index (χ3v) is 5.64. The van der Waals surface area contributed by atoms with E-state index in [-0.39, 0.29) is 22.5 Å². The van der Waals surface area contributed by atoms with E-state index in [1.165, 1.54) is 14.1 Å². The summed E-state index contributed by atoms with van der Waals surface area (Å²) >= 11 is 0. The Labute approximate surface area is 158 Å². The van der Waals surface area contributed by atoms with E-state index in [4.69, 9.17) is 11.5 Å². The molecule has 2 rings (SSSR count). The highest BCUT2D eigenvalue weighted by Gasteiger charge is 2.26.